The maximum Gasteiger partial charge on any atom is 0.180 e. The van der Waals surface area contributed by atoms with Crippen LogP contribution in [0.5, 0.6) is 0 Å². The van der Waals surface area contributed by atoms with E-state index in [1.54, 1.807) is 12.1 Å². The number of nitrogens with zero attached hydrogens (tertiary/aromatic N) is 1. The first-order chi connectivity index (χ1) is 13.0. The molecule has 2 atom stereocenters. The Morgan fingerprint density at radius 2 is 2.00 bits per heavy atom. The molecule has 3 aliphatic heterocycles. The lowest BCUT2D eigenvalue weighted by atomic mass is 9.88. The van der Waals surface area contributed by atoms with Crippen molar-refractivity contribution >= 4 is 38.7 Å². The van der Waals surface area contributed by atoms with E-state index in [4.69, 9.17) is 23.2 Å². The maximum absolute atomic E-state index is 13.1. The molecule has 3 heterocycles. The van der Waals surface area contributed by atoms with Crippen molar-refractivity contribution in [2.45, 2.75) is 29.7 Å². The van der Waals surface area contributed by atoms with Crippen molar-refractivity contribution < 1.29 is 8.42 Å². The molecule has 5 rings (SSSR count). The number of benzene rings is 2. The number of sulfone groups is 1. The third kappa shape index (κ3) is 2.79. The van der Waals surface area contributed by atoms with Gasteiger partial charge in [-0.3, -0.25) is 0 Å². The van der Waals surface area contributed by atoms with Gasteiger partial charge < -0.3 is 10.2 Å². The fraction of sp³-hybridized carbons (Fsp3) is 0.400. The Labute approximate surface area is 169 Å². The van der Waals surface area contributed by atoms with Gasteiger partial charge in [0.2, 0.25) is 0 Å². The van der Waals surface area contributed by atoms with Gasteiger partial charge >= 0.3 is 0 Å². The van der Waals surface area contributed by atoms with Crippen LogP contribution in [0.15, 0.2) is 35.2 Å². The average molecular weight is 423 g/mol. The molecule has 1 saturated heterocycles. The summed E-state index contributed by atoms with van der Waals surface area (Å²) in [7, 11) is -3.32. The molecule has 2 aromatic carbocycles. The minimum absolute atomic E-state index is 0.198. The van der Waals surface area contributed by atoms with Crippen molar-refractivity contribution in [2.75, 3.05) is 30.3 Å². The molecule has 0 aliphatic carbocycles. The van der Waals surface area contributed by atoms with Crippen LogP contribution >= 0.6 is 23.2 Å². The Morgan fingerprint density at radius 1 is 1.15 bits per heavy atom. The van der Waals surface area contributed by atoms with Gasteiger partial charge in [0.05, 0.1) is 16.3 Å². The normalized spacial score (nSPS) is 25.6. The molecule has 1 fully saturated rings. The Balaban J connectivity index is 1.78. The molecule has 0 unspecified atom stereocenters. The van der Waals surface area contributed by atoms with E-state index in [1.807, 2.05) is 12.1 Å². The van der Waals surface area contributed by atoms with Crippen LogP contribution in [0.3, 0.4) is 0 Å². The van der Waals surface area contributed by atoms with Gasteiger partial charge in [-0.1, -0.05) is 29.3 Å². The van der Waals surface area contributed by atoms with Gasteiger partial charge in [0.25, 0.3) is 0 Å². The number of rotatable bonds is 1. The molecule has 0 spiro atoms. The molecule has 4 nitrogen and oxygen atoms in total. The molecule has 0 radical (unpaired) electrons. The maximum atomic E-state index is 13.1. The van der Waals surface area contributed by atoms with Crippen LogP contribution in [0, 0.1) is 0 Å². The Hall–Kier alpha value is -1.27. The highest BCUT2D eigenvalue weighted by molar-refractivity contribution is 7.91. The summed E-state index contributed by atoms with van der Waals surface area (Å²) in [5.41, 5.74) is 3.73. The molecule has 1 N–H and O–H groups in total. The fourth-order valence-electron chi connectivity index (χ4n) is 4.85. The number of fused-ring (bicyclic) bond motifs is 3. The van der Waals surface area contributed by atoms with E-state index in [1.165, 1.54) is 0 Å². The van der Waals surface area contributed by atoms with Crippen molar-refractivity contribution in [1.82, 2.24) is 5.32 Å². The molecule has 0 amide bonds. The molecule has 7 heteroatoms. The van der Waals surface area contributed by atoms with E-state index < -0.39 is 9.84 Å². The largest absolute Gasteiger partial charge is 0.367 e. The van der Waals surface area contributed by atoms with E-state index in [0.29, 0.717) is 33.3 Å². The molecule has 3 aliphatic rings. The second-order valence-electron chi connectivity index (χ2n) is 7.57. The number of anilines is 1. The highest BCUT2D eigenvalue weighted by atomic mass is 35.5. The summed E-state index contributed by atoms with van der Waals surface area (Å²) in [5, 5.41) is 4.58. The molecular weight excluding hydrogens is 403 g/mol. The van der Waals surface area contributed by atoms with Crippen LogP contribution in [-0.4, -0.2) is 39.8 Å². The highest BCUT2D eigenvalue weighted by Crippen LogP contribution is 2.50. The second kappa shape index (κ2) is 6.38. The quantitative estimate of drug-likeness (QED) is 0.751. The minimum atomic E-state index is -3.32. The van der Waals surface area contributed by atoms with E-state index in [-0.39, 0.29) is 5.75 Å². The lowest BCUT2D eigenvalue weighted by Gasteiger charge is -2.33. The molecule has 0 bridgehead atoms. The number of piperidine rings is 1. The van der Waals surface area contributed by atoms with Crippen molar-refractivity contribution in [3.8, 4) is 11.1 Å². The van der Waals surface area contributed by atoms with Crippen LogP contribution in [0.4, 0.5) is 5.69 Å². The van der Waals surface area contributed by atoms with E-state index >= 15 is 0 Å². The summed E-state index contributed by atoms with van der Waals surface area (Å²) in [6.45, 7) is 2.66. The third-order valence-corrected chi connectivity index (χ3v) is 8.38. The lowest BCUT2D eigenvalue weighted by molar-refractivity contribution is 0.403. The number of hydrogen-bond acceptors (Lipinski definition) is 4. The second-order valence-corrected chi connectivity index (χ2v) is 10.5. The monoisotopic (exact) mass is 422 g/mol. The first-order valence-electron chi connectivity index (χ1n) is 9.29. The smallest absolute Gasteiger partial charge is 0.180 e. The van der Waals surface area contributed by atoms with Crippen LogP contribution in [-0.2, 0) is 9.84 Å². The van der Waals surface area contributed by atoms with E-state index in [9.17, 15) is 8.42 Å². The average Bonchev–Trinajstić information content (AvgIpc) is 2.87. The highest BCUT2D eigenvalue weighted by Gasteiger charge is 2.44. The van der Waals surface area contributed by atoms with Crippen molar-refractivity contribution in [1.29, 1.82) is 0 Å². The zero-order valence-corrected chi connectivity index (χ0v) is 17.0. The van der Waals surface area contributed by atoms with Crippen LogP contribution in [0.1, 0.15) is 24.3 Å². The molecule has 0 saturated carbocycles. The summed E-state index contributed by atoms with van der Waals surface area (Å²) in [6.07, 6.45) is 1.71. The number of hydrogen-bond donors (Lipinski definition) is 1. The van der Waals surface area contributed by atoms with Gasteiger partial charge in [0.1, 0.15) is 0 Å². The number of halogens is 2. The fourth-order valence-corrected chi connectivity index (χ4v) is 6.93. The van der Waals surface area contributed by atoms with Gasteiger partial charge in [-0.2, -0.15) is 0 Å². The standard InChI is InChI=1S/C20H20Cl2N2O2S/c21-13-2-3-14(17(22)10-13)12-8-15-16-11-23-5-4-18(16)24-6-1-7-27(25,26)19(9-12)20(15)24/h2-3,8-10,16,18,23H,1,4-7,11H2/t16-,18-/m0/s1. The van der Waals surface area contributed by atoms with Gasteiger partial charge in [-0.05, 0) is 54.8 Å². The first-order valence-corrected chi connectivity index (χ1v) is 11.7. The molecular formula is C20H20Cl2N2O2S. The van der Waals surface area contributed by atoms with E-state index in [2.05, 4.69) is 16.3 Å². The summed E-state index contributed by atoms with van der Waals surface area (Å²) >= 11 is 12.5. The minimum Gasteiger partial charge on any atom is -0.367 e. The predicted molar refractivity (Wildman–Crippen MR) is 110 cm³/mol. The van der Waals surface area contributed by atoms with Crippen molar-refractivity contribution in [3.05, 3.63) is 45.9 Å². The summed E-state index contributed by atoms with van der Waals surface area (Å²) in [6, 6.07) is 9.69. The predicted octanol–water partition coefficient (Wildman–Crippen LogP) is 4.10. The van der Waals surface area contributed by atoms with Gasteiger partial charge in [-0.15, -0.1) is 0 Å². The van der Waals surface area contributed by atoms with Crippen molar-refractivity contribution in [3.63, 3.8) is 0 Å². The Kier molecular flexibility index (Phi) is 4.20. The molecule has 0 aromatic heterocycles. The van der Waals surface area contributed by atoms with Gasteiger partial charge in [-0.25, -0.2) is 8.42 Å². The van der Waals surface area contributed by atoms with Crippen molar-refractivity contribution in [2.24, 2.45) is 0 Å². The van der Waals surface area contributed by atoms with Gasteiger partial charge in [0, 0.05) is 40.7 Å². The molecule has 2 aromatic rings. The zero-order valence-electron chi connectivity index (χ0n) is 14.7. The summed E-state index contributed by atoms with van der Waals surface area (Å²) in [4.78, 5) is 2.82. The first kappa shape index (κ1) is 17.8. The summed E-state index contributed by atoms with van der Waals surface area (Å²) < 4.78 is 26.1. The Morgan fingerprint density at radius 3 is 2.81 bits per heavy atom. The Bertz CT molecular complexity index is 1040. The number of nitrogens with one attached hydrogen (secondary N) is 1. The van der Waals surface area contributed by atoms with Crippen LogP contribution in [0.25, 0.3) is 11.1 Å². The SMILES string of the molecule is O=S1(=O)CCCN2c3c(cc(-c4ccc(Cl)cc4Cl)cc31)[C@@H]1CNCC[C@@H]12. The zero-order chi connectivity index (χ0) is 18.8. The molecule has 27 heavy (non-hydrogen) atoms. The lowest BCUT2D eigenvalue weighted by Crippen LogP contribution is -2.44. The van der Waals surface area contributed by atoms with Crippen LogP contribution in [0.2, 0.25) is 10.0 Å². The molecule has 142 valence electrons. The summed E-state index contributed by atoms with van der Waals surface area (Å²) in [5.74, 6) is 0.510. The van der Waals surface area contributed by atoms with Crippen LogP contribution < -0.4 is 10.2 Å². The topological polar surface area (TPSA) is 49.4 Å². The van der Waals surface area contributed by atoms with Gasteiger partial charge in [0.15, 0.2) is 9.84 Å². The van der Waals surface area contributed by atoms with E-state index in [0.717, 1.165) is 48.4 Å². The third-order valence-electron chi connectivity index (χ3n) is 6.03.